The molecular weight excluding hydrogens is 285 g/mol. The number of benzene rings is 1. The van der Waals surface area contributed by atoms with Crippen LogP contribution in [0.15, 0.2) is 23.1 Å². The largest absolute Gasteiger partial charge is 0.466 e. The maximum Gasteiger partial charge on any atom is 0.312 e. The fourth-order valence-corrected chi connectivity index (χ4v) is 2.52. The lowest BCUT2D eigenvalue weighted by Crippen LogP contribution is -2.29. The molecule has 0 radical (unpaired) electrons. The van der Waals surface area contributed by atoms with Crippen LogP contribution >= 0.6 is 11.8 Å². The first-order valence-electron chi connectivity index (χ1n) is 6.02. The summed E-state index contributed by atoms with van der Waals surface area (Å²) in [5, 5.41) is 10.9. The molecule has 0 aliphatic carbocycles. The summed E-state index contributed by atoms with van der Waals surface area (Å²) in [5.74, 6) is -0.672. The summed E-state index contributed by atoms with van der Waals surface area (Å²) in [6.07, 6.45) is 0. The number of ether oxygens (including phenoxy) is 1. The van der Waals surface area contributed by atoms with Crippen molar-refractivity contribution in [1.29, 1.82) is 0 Å². The molecule has 0 saturated heterocycles. The van der Waals surface area contributed by atoms with E-state index in [2.05, 4.69) is 0 Å². The standard InChI is InChI=1S/C13H16FNO4S/c1-4-19-12(16)13(2,3)8-20-11-7-9(14)5-6-10(11)15(17)18/h5-7H,4,8H2,1-3H3. The van der Waals surface area contributed by atoms with Crippen LogP contribution in [0.5, 0.6) is 0 Å². The molecule has 0 fully saturated rings. The molecule has 0 amide bonds. The quantitative estimate of drug-likeness (QED) is 0.348. The minimum Gasteiger partial charge on any atom is -0.466 e. The number of carbonyl (C=O) groups is 1. The molecule has 0 bridgehead atoms. The zero-order chi connectivity index (χ0) is 15.3. The van der Waals surface area contributed by atoms with Crippen LogP contribution < -0.4 is 0 Å². The molecule has 5 nitrogen and oxygen atoms in total. The first kappa shape index (κ1) is 16.4. The predicted octanol–water partition coefficient (Wildman–Crippen LogP) is 3.42. The summed E-state index contributed by atoms with van der Waals surface area (Å²) in [7, 11) is 0. The topological polar surface area (TPSA) is 69.4 Å². The van der Waals surface area contributed by atoms with Gasteiger partial charge in [-0.1, -0.05) is 0 Å². The summed E-state index contributed by atoms with van der Waals surface area (Å²) in [5.41, 5.74) is -0.975. The highest BCUT2D eigenvalue weighted by molar-refractivity contribution is 7.99. The lowest BCUT2D eigenvalue weighted by molar-refractivity contribution is -0.387. The van der Waals surface area contributed by atoms with E-state index in [0.717, 1.165) is 30.0 Å². The van der Waals surface area contributed by atoms with Gasteiger partial charge in [-0.05, 0) is 32.9 Å². The van der Waals surface area contributed by atoms with Crippen molar-refractivity contribution in [3.63, 3.8) is 0 Å². The van der Waals surface area contributed by atoms with E-state index in [1.807, 2.05) is 0 Å². The molecule has 0 aliphatic rings. The van der Waals surface area contributed by atoms with Crippen molar-refractivity contribution in [3.05, 3.63) is 34.1 Å². The van der Waals surface area contributed by atoms with Gasteiger partial charge in [-0.3, -0.25) is 14.9 Å². The Morgan fingerprint density at radius 1 is 1.50 bits per heavy atom. The van der Waals surface area contributed by atoms with Crippen molar-refractivity contribution >= 4 is 23.4 Å². The molecule has 7 heteroatoms. The molecule has 110 valence electrons. The molecule has 0 unspecified atom stereocenters. The van der Waals surface area contributed by atoms with Crippen LogP contribution in [0.3, 0.4) is 0 Å². The molecule has 0 spiro atoms. The maximum absolute atomic E-state index is 13.2. The third-order valence-corrected chi connectivity index (χ3v) is 4.04. The molecule has 0 aliphatic heterocycles. The number of hydrogen-bond acceptors (Lipinski definition) is 5. The highest BCUT2D eigenvalue weighted by atomic mass is 32.2. The second kappa shape index (κ2) is 6.69. The molecule has 20 heavy (non-hydrogen) atoms. The van der Waals surface area contributed by atoms with Crippen molar-refractivity contribution in [2.24, 2.45) is 5.41 Å². The van der Waals surface area contributed by atoms with E-state index in [0.29, 0.717) is 0 Å². The SMILES string of the molecule is CCOC(=O)C(C)(C)CSc1cc(F)ccc1[N+](=O)[O-]. The van der Waals surface area contributed by atoms with E-state index < -0.39 is 16.2 Å². The normalized spacial score (nSPS) is 11.2. The highest BCUT2D eigenvalue weighted by Crippen LogP contribution is 2.34. The Kier molecular flexibility index (Phi) is 5.50. The molecule has 0 heterocycles. The average Bonchev–Trinajstić information content (AvgIpc) is 2.36. The van der Waals surface area contributed by atoms with Gasteiger partial charge >= 0.3 is 5.97 Å². The lowest BCUT2D eigenvalue weighted by atomic mass is 9.97. The Bertz CT molecular complexity index is 519. The van der Waals surface area contributed by atoms with E-state index in [-0.39, 0.29) is 28.9 Å². The van der Waals surface area contributed by atoms with Crippen molar-refractivity contribution in [3.8, 4) is 0 Å². The zero-order valence-corrected chi connectivity index (χ0v) is 12.3. The predicted molar refractivity (Wildman–Crippen MR) is 74.2 cm³/mol. The Labute approximate surface area is 120 Å². The van der Waals surface area contributed by atoms with E-state index in [9.17, 15) is 19.3 Å². The second-order valence-corrected chi connectivity index (χ2v) is 5.78. The van der Waals surface area contributed by atoms with Crippen LogP contribution in [-0.2, 0) is 9.53 Å². The van der Waals surface area contributed by atoms with Gasteiger partial charge in [0, 0.05) is 11.8 Å². The highest BCUT2D eigenvalue weighted by Gasteiger charge is 2.30. The third-order valence-electron chi connectivity index (χ3n) is 2.54. The van der Waals surface area contributed by atoms with Crippen molar-refractivity contribution in [2.45, 2.75) is 25.7 Å². The van der Waals surface area contributed by atoms with Gasteiger partial charge in [0.05, 0.1) is 21.8 Å². The van der Waals surface area contributed by atoms with E-state index in [1.165, 1.54) is 0 Å². The van der Waals surface area contributed by atoms with Gasteiger partial charge in [0.15, 0.2) is 0 Å². The third kappa shape index (κ3) is 4.19. The van der Waals surface area contributed by atoms with Crippen molar-refractivity contribution in [1.82, 2.24) is 0 Å². The van der Waals surface area contributed by atoms with Gasteiger partial charge in [-0.25, -0.2) is 4.39 Å². The van der Waals surface area contributed by atoms with Gasteiger partial charge in [0.1, 0.15) is 5.82 Å². The molecule has 1 aromatic carbocycles. The van der Waals surface area contributed by atoms with Gasteiger partial charge in [-0.15, -0.1) is 11.8 Å². The minimum absolute atomic E-state index is 0.170. The zero-order valence-electron chi connectivity index (χ0n) is 11.5. The maximum atomic E-state index is 13.2. The molecular formula is C13H16FNO4S. The number of halogens is 1. The van der Waals surface area contributed by atoms with E-state index in [1.54, 1.807) is 20.8 Å². The summed E-state index contributed by atoms with van der Waals surface area (Å²) < 4.78 is 18.1. The monoisotopic (exact) mass is 301 g/mol. The summed E-state index contributed by atoms with van der Waals surface area (Å²) in [6.45, 7) is 5.35. The number of nitrogens with zero attached hydrogens (tertiary/aromatic N) is 1. The Morgan fingerprint density at radius 3 is 2.70 bits per heavy atom. The number of carbonyl (C=O) groups excluding carboxylic acids is 1. The fourth-order valence-electron chi connectivity index (χ4n) is 1.40. The Balaban J connectivity index is 2.86. The second-order valence-electron chi connectivity index (χ2n) is 4.76. The number of hydrogen-bond donors (Lipinski definition) is 0. The van der Waals surface area contributed by atoms with Crippen molar-refractivity contribution in [2.75, 3.05) is 12.4 Å². The number of nitro benzene ring substituents is 1. The number of thioether (sulfide) groups is 1. The summed E-state index contributed by atoms with van der Waals surface area (Å²) in [4.78, 5) is 22.2. The molecule has 1 aromatic rings. The van der Waals surface area contributed by atoms with Crippen LogP contribution in [-0.4, -0.2) is 23.3 Å². The summed E-state index contributed by atoms with van der Waals surface area (Å²) >= 11 is 1.07. The summed E-state index contributed by atoms with van der Waals surface area (Å²) in [6, 6.07) is 3.26. The molecule has 0 aromatic heterocycles. The van der Waals surface area contributed by atoms with Crippen LogP contribution in [0, 0.1) is 21.3 Å². The minimum atomic E-state index is -0.805. The first-order chi connectivity index (χ1) is 9.27. The van der Waals surface area contributed by atoms with Crippen LogP contribution in [0.2, 0.25) is 0 Å². The Hall–Kier alpha value is -1.63. The smallest absolute Gasteiger partial charge is 0.312 e. The van der Waals surface area contributed by atoms with Crippen LogP contribution in [0.1, 0.15) is 20.8 Å². The van der Waals surface area contributed by atoms with Crippen molar-refractivity contribution < 1.29 is 18.8 Å². The first-order valence-corrected chi connectivity index (χ1v) is 7.00. The van der Waals surface area contributed by atoms with E-state index >= 15 is 0 Å². The van der Waals surface area contributed by atoms with E-state index in [4.69, 9.17) is 4.74 Å². The van der Waals surface area contributed by atoms with Gasteiger partial charge in [0.2, 0.25) is 0 Å². The molecule has 0 atom stereocenters. The average molecular weight is 301 g/mol. The number of nitro groups is 1. The lowest BCUT2D eigenvalue weighted by Gasteiger charge is -2.21. The van der Waals surface area contributed by atoms with Gasteiger partial charge < -0.3 is 4.74 Å². The Morgan fingerprint density at radius 2 is 2.15 bits per heavy atom. The van der Waals surface area contributed by atoms with Gasteiger partial charge in [0.25, 0.3) is 5.69 Å². The molecule has 0 N–H and O–H groups in total. The number of esters is 1. The van der Waals surface area contributed by atoms with Gasteiger partial charge in [-0.2, -0.15) is 0 Å². The fraction of sp³-hybridized carbons (Fsp3) is 0.462. The van der Waals surface area contributed by atoms with Crippen LogP contribution in [0.25, 0.3) is 0 Å². The number of rotatable bonds is 6. The van der Waals surface area contributed by atoms with Crippen LogP contribution in [0.4, 0.5) is 10.1 Å². The molecule has 0 saturated carbocycles. The molecule has 1 rings (SSSR count).